The van der Waals surface area contributed by atoms with Gasteiger partial charge in [0.25, 0.3) is 0 Å². The molecule has 1 unspecified atom stereocenters. The lowest BCUT2D eigenvalue weighted by Gasteiger charge is -2.13. The van der Waals surface area contributed by atoms with Crippen LogP contribution < -0.4 is 0 Å². The Morgan fingerprint density at radius 1 is 1.38 bits per heavy atom. The minimum Gasteiger partial charge on any atom is -0.366 e. The largest absolute Gasteiger partial charge is 0.366 e. The van der Waals surface area contributed by atoms with Crippen molar-refractivity contribution in [3.63, 3.8) is 0 Å². The molecule has 1 saturated heterocycles. The summed E-state index contributed by atoms with van der Waals surface area (Å²) in [4.78, 5) is 5.15. The summed E-state index contributed by atoms with van der Waals surface area (Å²) in [6.45, 7) is 1.55. The molecule has 3 heteroatoms. The first kappa shape index (κ1) is 8.69. The monoisotopic (exact) mass is 179 g/mol. The van der Waals surface area contributed by atoms with Gasteiger partial charge in [-0.1, -0.05) is 30.3 Å². The van der Waals surface area contributed by atoms with Crippen molar-refractivity contribution < 1.29 is 9.94 Å². The molecule has 1 aliphatic heterocycles. The zero-order valence-corrected chi connectivity index (χ0v) is 7.39. The number of hydrogen-bond donors (Lipinski definition) is 1. The molecule has 0 radical (unpaired) electrons. The van der Waals surface area contributed by atoms with Crippen molar-refractivity contribution in [2.24, 2.45) is 0 Å². The molecule has 70 valence electrons. The van der Waals surface area contributed by atoms with E-state index in [-0.39, 0.29) is 0 Å². The van der Waals surface area contributed by atoms with E-state index in [0.717, 1.165) is 13.1 Å². The van der Waals surface area contributed by atoms with E-state index < -0.39 is 6.29 Å². The first-order chi connectivity index (χ1) is 6.34. The van der Waals surface area contributed by atoms with Crippen LogP contribution in [0, 0.1) is 0 Å². The normalized spacial score (nSPS) is 23.6. The van der Waals surface area contributed by atoms with Crippen LogP contribution in [0.3, 0.4) is 0 Å². The van der Waals surface area contributed by atoms with Crippen molar-refractivity contribution in [3.8, 4) is 0 Å². The Morgan fingerprint density at radius 3 is 2.77 bits per heavy atom. The molecule has 1 aromatic rings. The zero-order chi connectivity index (χ0) is 9.10. The Hall–Kier alpha value is -0.900. The highest BCUT2D eigenvalue weighted by molar-refractivity contribution is 5.14. The van der Waals surface area contributed by atoms with Crippen LogP contribution in [0.25, 0.3) is 0 Å². The van der Waals surface area contributed by atoms with Crippen LogP contribution in [0.15, 0.2) is 30.3 Å². The smallest absolute Gasteiger partial charge is 0.176 e. The predicted molar refractivity (Wildman–Crippen MR) is 48.6 cm³/mol. The Kier molecular flexibility index (Phi) is 2.59. The highest BCUT2D eigenvalue weighted by Gasteiger charge is 2.20. The van der Waals surface area contributed by atoms with Gasteiger partial charge in [0.15, 0.2) is 6.29 Å². The summed E-state index contributed by atoms with van der Waals surface area (Å²) in [6.07, 6.45) is 0.0935. The lowest BCUT2D eigenvalue weighted by atomic mass is 10.2. The number of aliphatic hydroxyl groups excluding tert-OH is 1. The van der Waals surface area contributed by atoms with Gasteiger partial charge in [0.05, 0.1) is 0 Å². The van der Waals surface area contributed by atoms with Gasteiger partial charge in [-0.15, -0.1) is 0 Å². The van der Waals surface area contributed by atoms with Gasteiger partial charge in [-0.2, -0.15) is 5.06 Å². The fourth-order valence-corrected chi connectivity index (χ4v) is 1.44. The number of benzene rings is 1. The fourth-order valence-electron chi connectivity index (χ4n) is 1.44. The maximum Gasteiger partial charge on any atom is 0.176 e. The topological polar surface area (TPSA) is 32.7 Å². The number of nitrogens with zero attached hydrogens (tertiary/aromatic N) is 1. The highest BCUT2D eigenvalue weighted by Crippen LogP contribution is 2.14. The van der Waals surface area contributed by atoms with E-state index in [4.69, 9.17) is 9.94 Å². The predicted octanol–water partition coefficient (Wildman–Crippen LogP) is 1.14. The molecule has 1 atom stereocenters. The van der Waals surface area contributed by atoms with Crippen molar-refractivity contribution in [2.45, 2.75) is 19.3 Å². The molecular formula is C10H13NO2. The first-order valence-electron chi connectivity index (χ1n) is 4.48. The van der Waals surface area contributed by atoms with E-state index in [2.05, 4.69) is 0 Å². The molecule has 0 amide bonds. The molecule has 0 saturated carbocycles. The maximum atomic E-state index is 9.11. The summed E-state index contributed by atoms with van der Waals surface area (Å²) in [6, 6.07) is 10.1. The van der Waals surface area contributed by atoms with Gasteiger partial charge in [0, 0.05) is 19.5 Å². The van der Waals surface area contributed by atoms with Crippen LogP contribution in [0.2, 0.25) is 0 Å². The second kappa shape index (κ2) is 3.87. The summed E-state index contributed by atoms with van der Waals surface area (Å²) in [5.74, 6) is 0. The van der Waals surface area contributed by atoms with Crippen LogP contribution in [0.4, 0.5) is 0 Å². The fraction of sp³-hybridized carbons (Fsp3) is 0.400. The summed E-state index contributed by atoms with van der Waals surface area (Å²) >= 11 is 0. The van der Waals surface area contributed by atoms with Crippen molar-refractivity contribution >= 4 is 0 Å². The molecule has 0 aliphatic carbocycles. The Morgan fingerprint density at radius 2 is 2.15 bits per heavy atom. The van der Waals surface area contributed by atoms with Gasteiger partial charge in [-0.3, -0.25) is 4.84 Å². The Bertz CT molecular complexity index is 263. The SMILES string of the molecule is OC1CCN(Cc2ccccc2)O1. The number of hydrogen-bond acceptors (Lipinski definition) is 3. The third-order valence-electron chi connectivity index (χ3n) is 2.10. The van der Waals surface area contributed by atoms with Crippen LogP contribution in [0.1, 0.15) is 12.0 Å². The molecule has 1 aliphatic rings. The Labute approximate surface area is 77.5 Å². The standard InChI is InChI=1S/C10H13NO2/c12-10-6-7-11(13-10)8-9-4-2-1-3-5-9/h1-5,10,12H,6-8H2. The molecule has 1 N–H and O–H groups in total. The molecule has 1 aromatic carbocycles. The van der Waals surface area contributed by atoms with Crippen molar-refractivity contribution in [2.75, 3.05) is 6.54 Å². The van der Waals surface area contributed by atoms with Gasteiger partial charge in [0.2, 0.25) is 0 Å². The van der Waals surface area contributed by atoms with E-state index >= 15 is 0 Å². The Balaban J connectivity index is 1.92. The average molecular weight is 179 g/mol. The van der Waals surface area contributed by atoms with Crippen LogP contribution in [-0.2, 0) is 11.4 Å². The molecule has 1 heterocycles. The van der Waals surface area contributed by atoms with E-state index in [1.807, 2.05) is 30.3 Å². The zero-order valence-electron chi connectivity index (χ0n) is 7.39. The molecule has 1 fully saturated rings. The second-order valence-corrected chi connectivity index (χ2v) is 3.20. The minimum atomic E-state index is -0.608. The van der Waals surface area contributed by atoms with E-state index in [9.17, 15) is 0 Å². The van der Waals surface area contributed by atoms with Gasteiger partial charge < -0.3 is 5.11 Å². The van der Waals surface area contributed by atoms with E-state index in [0.29, 0.717) is 6.42 Å². The van der Waals surface area contributed by atoms with E-state index in [1.165, 1.54) is 5.56 Å². The van der Waals surface area contributed by atoms with Crippen molar-refractivity contribution in [1.29, 1.82) is 0 Å². The lowest BCUT2D eigenvalue weighted by Crippen LogP contribution is -2.18. The third kappa shape index (κ3) is 2.28. The first-order valence-corrected chi connectivity index (χ1v) is 4.48. The van der Waals surface area contributed by atoms with Crippen molar-refractivity contribution in [1.82, 2.24) is 5.06 Å². The van der Waals surface area contributed by atoms with Gasteiger partial charge >= 0.3 is 0 Å². The van der Waals surface area contributed by atoms with Crippen LogP contribution in [0.5, 0.6) is 0 Å². The molecule has 3 nitrogen and oxygen atoms in total. The minimum absolute atomic E-state index is 0.608. The van der Waals surface area contributed by atoms with Crippen LogP contribution in [-0.4, -0.2) is 23.0 Å². The van der Waals surface area contributed by atoms with Crippen LogP contribution >= 0.6 is 0 Å². The highest BCUT2D eigenvalue weighted by atomic mass is 16.8. The molecule has 13 heavy (non-hydrogen) atoms. The summed E-state index contributed by atoms with van der Waals surface area (Å²) in [7, 11) is 0. The van der Waals surface area contributed by atoms with E-state index in [1.54, 1.807) is 5.06 Å². The lowest BCUT2D eigenvalue weighted by molar-refractivity contribution is -0.217. The number of aliphatic hydroxyl groups is 1. The number of hydroxylamine groups is 2. The third-order valence-corrected chi connectivity index (χ3v) is 2.10. The molecular weight excluding hydrogens is 166 g/mol. The van der Waals surface area contributed by atoms with Gasteiger partial charge in [0.1, 0.15) is 0 Å². The molecule has 0 spiro atoms. The molecule has 0 aromatic heterocycles. The maximum absolute atomic E-state index is 9.11. The number of rotatable bonds is 2. The van der Waals surface area contributed by atoms with Crippen molar-refractivity contribution in [3.05, 3.63) is 35.9 Å². The molecule has 2 rings (SSSR count). The average Bonchev–Trinajstić information content (AvgIpc) is 2.53. The summed E-state index contributed by atoms with van der Waals surface area (Å²) in [5.41, 5.74) is 1.21. The molecule has 0 bridgehead atoms. The summed E-state index contributed by atoms with van der Waals surface area (Å²) < 4.78 is 0. The second-order valence-electron chi connectivity index (χ2n) is 3.20. The van der Waals surface area contributed by atoms with Gasteiger partial charge in [-0.25, -0.2) is 0 Å². The summed E-state index contributed by atoms with van der Waals surface area (Å²) in [5, 5.41) is 10.9. The quantitative estimate of drug-likeness (QED) is 0.739. The van der Waals surface area contributed by atoms with Gasteiger partial charge in [-0.05, 0) is 5.56 Å².